The molecule has 19 heavy (non-hydrogen) atoms. The van der Waals surface area contributed by atoms with Crippen LogP contribution in [0, 0.1) is 11.8 Å². The number of aliphatic carboxylic acids is 1. The number of carboxylic acid groups (broad SMARTS) is 1. The predicted molar refractivity (Wildman–Crippen MR) is 68.3 cm³/mol. The van der Waals surface area contributed by atoms with Crippen LogP contribution in [0.15, 0.2) is 0 Å². The highest BCUT2D eigenvalue weighted by Crippen LogP contribution is 2.24. The Balaban J connectivity index is 2.42. The van der Waals surface area contributed by atoms with Crippen molar-refractivity contribution in [1.82, 2.24) is 10.2 Å². The summed E-state index contributed by atoms with van der Waals surface area (Å²) in [5.74, 6) is -1.80. The SMILES string of the molecule is CC(C(=O)O)C1CN(C(=O)NC(C)(C)CC(N)=O)C1. The van der Waals surface area contributed by atoms with Crippen molar-refractivity contribution in [2.75, 3.05) is 13.1 Å². The second kappa shape index (κ2) is 5.46. The molecule has 4 N–H and O–H groups in total. The highest BCUT2D eigenvalue weighted by Gasteiger charge is 2.38. The summed E-state index contributed by atoms with van der Waals surface area (Å²) in [7, 11) is 0. The third kappa shape index (κ3) is 4.11. The van der Waals surface area contributed by atoms with Crippen LogP contribution in [-0.2, 0) is 9.59 Å². The third-order valence-corrected chi connectivity index (χ3v) is 3.36. The van der Waals surface area contributed by atoms with E-state index in [0.717, 1.165) is 0 Å². The maximum atomic E-state index is 11.9. The van der Waals surface area contributed by atoms with Gasteiger partial charge in [0.05, 0.1) is 5.92 Å². The number of nitrogens with two attached hydrogens (primary N) is 1. The normalized spacial score (nSPS) is 17.5. The molecular weight excluding hydrogens is 250 g/mol. The summed E-state index contributed by atoms with van der Waals surface area (Å²) in [6.07, 6.45) is 0.0571. The molecule has 7 heteroatoms. The first-order chi connectivity index (χ1) is 8.62. The lowest BCUT2D eigenvalue weighted by Crippen LogP contribution is -2.60. The van der Waals surface area contributed by atoms with Gasteiger partial charge in [-0.1, -0.05) is 6.92 Å². The Morgan fingerprint density at radius 1 is 1.42 bits per heavy atom. The maximum absolute atomic E-state index is 11.9. The van der Waals surface area contributed by atoms with Crippen LogP contribution >= 0.6 is 0 Å². The van der Waals surface area contributed by atoms with Crippen LogP contribution in [0.5, 0.6) is 0 Å². The molecule has 0 aliphatic carbocycles. The van der Waals surface area contributed by atoms with Gasteiger partial charge in [-0.2, -0.15) is 0 Å². The molecule has 1 heterocycles. The van der Waals surface area contributed by atoms with Gasteiger partial charge in [-0.05, 0) is 13.8 Å². The Kier molecular flexibility index (Phi) is 4.39. The van der Waals surface area contributed by atoms with Crippen LogP contribution in [-0.4, -0.2) is 46.5 Å². The number of nitrogens with one attached hydrogen (secondary N) is 1. The van der Waals surface area contributed by atoms with E-state index >= 15 is 0 Å². The number of hydrogen-bond donors (Lipinski definition) is 3. The molecule has 1 saturated heterocycles. The number of carbonyl (C=O) groups is 3. The quantitative estimate of drug-likeness (QED) is 0.653. The van der Waals surface area contributed by atoms with Gasteiger partial charge in [-0.15, -0.1) is 0 Å². The van der Waals surface area contributed by atoms with Crippen molar-refractivity contribution >= 4 is 17.9 Å². The van der Waals surface area contributed by atoms with Gasteiger partial charge < -0.3 is 21.1 Å². The van der Waals surface area contributed by atoms with Crippen LogP contribution in [0.3, 0.4) is 0 Å². The molecule has 108 valence electrons. The molecule has 0 aromatic heterocycles. The van der Waals surface area contributed by atoms with E-state index < -0.39 is 23.3 Å². The van der Waals surface area contributed by atoms with Crippen molar-refractivity contribution in [3.63, 3.8) is 0 Å². The van der Waals surface area contributed by atoms with E-state index in [-0.39, 0.29) is 18.4 Å². The van der Waals surface area contributed by atoms with Crippen LogP contribution in [0.1, 0.15) is 27.2 Å². The molecule has 1 unspecified atom stereocenters. The molecule has 0 saturated carbocycles. The van der Waals surface area contributed by atoms with Gasteiger partial charge in [0, 0.05) is 31.0 Å². The van der Waals surface area contributed by atoms with Crippen LogP contribution in [0.2, 0.25) is 0 Å². The highest BCUT2D eigenvalue weighted by molar-refractivity contribution is 5.79. The monoisotopic (exact) mass is 271 g/mol. The summed E-state index contributed by atoms with van der Waals surface area (Å²) in [6, 6.07) is -0.292. The molecule has 3 amide bonds. The van der Waals surface area contributed by atoms with E-state index in [1.807, 2.05) is 0 Å². The van der Waals surface area contributed by atoms with E-state index in [2.05, 4.69) is 5.32 Å². The van der Waals surface area contributed by atoms with Crippen molar-refractivity contribution in [1.29, 1.82) is 0 Å². The van der Waals surface area contributed by atoms with Gasteiger partial charge in [0.15, 0.2) is 0 Å². The summed E-state index contributed by atoms with van der Waals surface area (Å²) in [5.41, 5.74) is 4.40. The fraction of sp³-hybridized carbons (Fsp3) is 0.750. The molecule has 7 nitrogen and oxygen atoms in total. The number of nitrogens with zero attached hydrogens (tertiary/aromatic N) is 1. The Bertz CT molecular complexity index is 388. The van der Waals surface area contributed by atoms with E-state index in [1.54, 1.807) is 20.8 Å². The van der Waals surface area contributed by atoms with Crippen LogP contribution in [0.25, 0.3) is 0 Å². The van der Waals surface area contributed by atoms with E-state index in [9.17, 15) is 14.4 Å². The molecule has 0 aromatic rings. The van der Waals surface area contributed by atoms with Gasteiger partial charge >= 0.3 is 12.0 Å². The topological polar surface area (TPSA) is 113 Å². The minimum Gasteiger partial charge on any atom is -0.481 e. The number of carbonyl (C=O) groups excluding carboxylic acids is 2. The summed E-state index contributed by atoms with van der Waals surface area (Å²) < 4.78 is 0. The lowest BCUT2D eigenvalue weighted by Gasteiger charge is -2.42. The van der Waals surface area contributed by atoms with Crippen molar-refractivity contribution in [2.24, 2.45) is 17.6 Å². The van der Waals surface area contributed by atoms with E-state index in [0.29, 0.717) is 13.1 Å². The Labute approximate surface area is 112 Å². The van der Waals surface area contributed by atoms with E-state index in [1.165, 1.54) is 4.90 Å². The first-order valence-corrected chi connectivity index (χ1v) is 6.20. The molecule has 1 fully saturated rings. The zero-order chi connectivity index (χ0) is 14.8. The zero-order valence-electron chi connectivity index (χ0n) is 11.5. The Morgan fingerprint density at radius 3 is 2.37 bits per heavy atom. The molecule has 1 atom stereocenters. The number of carboxylic acids is 1. The van der Waals surface area contributed by atoms with Gasteiger partial charge in [0.1, 0.15) is 0 Å². The molecule has 1 aliphatic heterocycles. The Morgan fingerprint density at radius 2 is 1.95 bits per heavy atom. The predicted octanol–water partition coefficient (Wildman–Crippen LogP) is 0.00250. The first kappa shape index (κ1) is 15.3. The van der Waals surface area contributed by atoms with Gasteiger partial charge in [0.2, 0.25) is 5.91 Å². The van der Waals surface area contributed by atoms with Crippen LogP contribution in [0.4, 0.5) is 4.79 Å². The maximum Gasteiger partial charge on any atom is 0.317 e. The fourth-order valence-corrected chi connectivity index (χ4v) is 2.04. The minimum atomic E-state index is -0.848. The van der Waals surface area contributed by atoms with Crippen molar-refractivity contribution in [3.8, 4) is 0 Å². The number of primary amides is 1. The zero-order valence-corrected chi connectivity index (χ0v) is 11.5. The number of rotatable bonds is 5. The van der Waals surface area contributed by atoms with Gasteiger partial charge in [0.25, 0.3) is 0 Å². The first-order valence-electron chi connectivity index (χ1n) is 6.20. The third-order valence-electron chi connectivity index (χ3n) is 3.36. The Hall–Kier alpha value is -1.79. The van der Waals surface area contributed by atoms with Gasteiger partial charge in [-0.25, -0.2) is 4.79 Å². The lowest BCUT2D eigenvalue weighted by atomic mass is 9.87. The highest BCUT2D eigenvalue weighted by atomic mass is 16.4. The second-order valence-corrected chi connectivity index (χ2v) is 5.75. The molecule has 0 radical (unpaired) electrons. The molecule has 0 bridgehead atoms. The largest absolute Gasteiger partial charge is 0.481 e. The van der Waals surface area contributed by atoms with Crippen LogP contribution < -0.4 is 11.1 Å². The van der Waals surface area contributed by atoms with E-state index in [4.69, 9.17) is 10.8 Å². The minimum absolute atomic E-state index is 0.0116. The summed E-state index contributed by atoms with van der Waals surface area (Å²) in [5, 5.41) is 11.6. The summed E-state index contributed by atoms with van der Waals surface area (Å²) in [6.45, 7) is 5.91. The van der Waals surface area contributed by atoms with Crippen molar-refractivity contribution in [3.05, 3.63) is 0 Å². The number of urea groups is 1. The number of hydrogen-bond acceptors (Lipinski definition) is 3. The molecule has 1 rings (SSSR count). The number of likely N-dealkylation sites (tertiary alicyclic amines) is 1. The summed E-state index contributed by atoms with van der Waals surface area (Å²) in [4.78, 5) is 35.1. The molecular formula is C12H21N3O4. The fourth-order valence-electron chi connectivity index (χ4n) is 2.04. The van der Waals surface area contributed by atoms with Gasteiger partial charge in [-0.3, -0.25) is 9.59 Å². The summed E-state index contributed by atoms with van der Waals surface area (Å²) >= 11 is 0. The smallest absolute Gasteiger partial charge is 0.317 e. The second-order valence-electron chi connectivity index (χ2n) is 5.75. The molecule has 0 aromatic carbocycles. The molecule has 0 spiro atoms. The average molecular weight is 271 g/mol. The molecule has 1 aliphatic rings. The van der Waals surface area contributed by atoms with Crippen molar-refractivity contribution in [2.45, 2.75) is 32.7 Å². The lowest BCUT2D eigenvalue weighted by molar-refractivity contribution is -0.144. The standard InChI is InChI=1S/C12H21N3O4/c1-7(10(17)18)8-5-15(6-8)11(19)14-12(2,3)4-9(13)16/h7-8H,4-6H2,1-3H3,(H2,13,16)(H,14,19)(H,17,18). The number of amides is 3. The average Bonchev–Trinajstić information content (AvgIpc) is 2.10. The van der Waals surface area contributed by atoms with Crippen molar-refractivity contribution < 1.29 is 19.5 Å².